The van der Waals surface area contributed by atoms with Crippen LogP contribution in [0.15, 0.2) is 60.7 Å². The highest BCUT2D eigenvalue weighted by Crippen LogP contribution is 2.43. The molecule has 2 aliphatic carbocycles. The van der Waals surface area contributed by atoms with E-state index in [9.17, 15) is 18.4 Å². The topological polar surface area (TPSA) is 88.7 Å². The first-order chi connectivity index (χ1) is 19.4. The van der Waals surface area contributed by atoms with Crippen molar-refractivity contribution in [2.75, 3.05) is 0 Å². The molecule has 2 saturated carbocycles. The molecule has 40 heavy (non-hydrogen) atoms. The van der Waals surface area contributed by atoms with Crippen molar-refractivity contribution in [3.63, 3.8) is 0 Å². The number of fused-ring (bicyclic) bond motifs is 4. The average molecular weight is 556 g/mol. The molecule has 0 aromatic heterocycles. The van der Waals surface area contributed by atoms with Crippen LogP contribution < -0.4 is 16.0 Å². The van der Waals surface area contributed by atoms with E-state index in [1.807, 2.05) is 60.7 Å². The second-order valence-electron chi connectivity index (χ2n) is 11.5. The zero-order chi connectivity index (χ0) is 27.9. The van der Waals surface area contributed by atoms with Crippen LogP contribution in [0.5, 0.6) is 0 Å². The summed E-state index contributed by atoms with van der Waals surface area (Å²) in [7, 11) is 0. The molecule has 9 heteroatoms. The molecule has 7 nitrogen and oxygen atoms in total. The molecular formula is C31H39F2N3O4. The van der Waals surface area contributed by atoms with Gasteiger partial charge in [0.2, 0.25) is 0 Å². The monoisotopic (exact) mass is 555 g/mol. The molecule has 0 radical (unpaired) electrons. The SMILES string of the molecule is O=C(N[C@H]1C[C@@H]2CC[C@@H](C2)[C@H]1F)OCc1ccccc1.O=C(N[C@H]1C[C@@H]2CC[C@@H](N2)[C@H]1F)OCc1ccccc1. The van der Waals surface area contributed by atoms with Crippen LogP contribution in [-0.2, 0) is 22.7 Å². The predicted octanol–water partition coefficient (Wildman–Crippen LogP) is 5.58. The largest absolute Gasteiger partial charge is 0.445 e. The summed E-state index contributed by atoms with van der Waals surface area (Å²) in [5.74, 6) is 0.708. The number of ether oxygens (including phenoxy) is 2. The molecule has 4 bridgehead atoms. The molecule has 4 aliphatic rings. The number of benzene rings is 2. The van der Waals surface area contributed by atoms with Crippen LogP contribution in [-0.4, -0.2) is 48.7 Å². The van der Waals surface area contributed by atoms with Gasteiger partial charge in [0.1, 0.15) is 25.6 Å². The molecule has 2 saturated heterocycles. The number of carbonyl (C=O) groups excluding carboxylic acids is 2. The maximum absolute atomic E-state index is 14.2. The van der Waals surface area contributed by atoms with Crippen LogP contribution in [0.25, 0.3) is 0 Å². The number of hydrogen-bond donors (Lipinski definition) is 3. The van der Waals surface area contributed by atoms with E-state index in [0.717, 1.165) is 49.7 Å². The fourth-order valence-corrected chi connectivity index (χ4v) is 6.55. The Hall–Kier alpha value is -3.20. The van der Waals surface area contributed by atoms with Crippen LogP contribution in [0.1, 0.15) is 56.1 Å². The molecule has 2 aliphatic heterocycles. The summed E-state index contributed by atoms with van der Waals surface area (Å²) in [6.07, 6.45) is 3.27. The highest BCUT2D eigenvalue weighted by molar-refractivity contribution is 5.68. The summed E-state index contributed by atoms with van der Waals surface area (Å²) in [4.78, 5) is 23.5. The van der Waals surface area contributed by atoms with Gasteiger partial charge in [-0.1, -0.05) is 60.7 Å². The molecule has 2 amide bonds. The number of amides is 2. The van der Waals surface area contributed by atoms with Gasteiger partial charge in [-0.3, -0.25) is 0 Å². The smallest absolute Gasteiger partial charge is 0.407 e. The Morgan fingerprint density at radius 2 is 1.30 bits per heavy atom. The first-order valence-electron chi connectivity index (χ1n) is 14.4. The molecule has 2 aromatic rings. The lowest BCUT2D eigenvalue weighted by Gasteiger charge is -2.32. The van der Waals surface area contributed by atoms with E-state index in [2.05, 4.69) is 16.0 Å². The predicted molar refractivity (Wildman–Crippen MR) is 147 cm³/mol. The number of alkyl carbamates (subject to hydrolysis) is 2. The summed E-state index contributed by atoms with van der Waals surface area (Å²) in [5, 5.41) is 8.60. The molecule has 2 heterocycles. The molecular weight excluding hydrogens is 516 g/mol. The molecule has 216 valence electrons. The first-order valence-corrected chi connectivity index (χ1v) is 14.4. The van der Waals surface area contributed by atoms with E-state index in [-0.39, 0.29) is 31.2 Å². The summed E-state index contributed by atoms with van der Waals surface area (Å²) in [6, 6.07) is 18.3. The number of nitrogens with one attached hydrogen (secondary N) is 3. The molecule has 2 aromatic carbocycles. The van der Waals surface area contributed by atoms with E-state index in [4.69, 9.17) is 9.47 Å². The van der Waals surface area contributed by atoms with Crippen LogP contribution in [0, 0.1) is 11.8 Å². The standard InChI is InChI=1S/C16H20FNO2.C15H19FN2O2/c17-15-13-7-6-12(8-13)9-14(15)18-16(19)20-10-11-4-2-1-3-5-11;16-14-12-7-6-11(17-12)8-13(14)18-15(19)20-9-10-4-2-1-3-5-10/h1-5,12-15H,6-10H2,(H,18,19);1-5,11-14,17H,6-9H2,(H,18,19)/t12-,13+,14+,15-;11-,12+,13-,14+/m10/s1. The first kappa shape index (κ1) is 28.3. The van der Waals surface area contributed by atoms with E-state index < -0.39 is 30.6 Å². The number of alkyl halides is 2. The van der Waals surface area contributed by atoms with Crippen LogP contribution >= 0.6 is 0 Å². The van der Waals surface area contributed by atoms with Crippen molar-refractivity contribution in [3.05, 3.63) is 71.8 Å². The van der Waals surface area contributed by atoms with Crippen LogP contribution in [0.2, 0.25) is 0 Å². The van der Waals surface area contributed by atoms with Crippen LogP contribution in [0.3, 0.4) is 0 Å². The zero-order valence-electron chi connectivity index (χ0n) is 22.6. The van der Waals surface area contributed by atoms with Gasteiger partial charge in [-0.2, -0.15) is 0 Å². The van der Waals surface area contributed by atoms with Crippen molar-refractivity contribution in [1.29, 1.82) is 0 Å². The molecule has 6 rings (SSSR count). The van der Waals surface area contributed by atoms with Gasteiger partial charge in [0.15, 0.2) is 0 Å². The summed E-state index contributed by atoms with van der Waals surface area (Å²) in [5.41, 5.74) is 1.85. The third-order valence-electron chi connectivity index (χ3n) is 8.62. The molecule has 8 atom stereocenters. The second kappa shape index (κ2) is 13.4. The normalized spacial score (nSPS) is 31.9. The van der Waals surface area contributed by atoms with Gasteiger partial charge in [-0.05, 0) is 67.9 Å². The quantitative estimate of drug-likeness (QED) is 0.433. The van der Waals surface area contributed by atoms with E-state index >= 15 is 0 Å². The minimum absolute atomic E-state index is 0.117. The van der Waals surface area contributed by atoms with Crippen LogP contribution in [0.4, 0.5) is 18.4 Å². The maximum atomic E-state index is 14.2. The van der Waals surface area contributed by atoms with Gasteiger partial charge in [-0.25, -0.2) is 18.4 Å². The second-order valence-corrected chi connectivity index (χ2v) is 11.5. The van der Waals surface area contributed by atoms with Crippen molar-refractivity contribution in [1.82, 2.24) is 16.0 Å². The lowest BCUT2D eigenvalue weighted by atomic mass is 9.84. The Labute approximate surface area is 234 Å². The van der Waals surface area contributed by atoms with Gasteiger partial charge in [-0.15, -0.1) is 0 Å². The molecule has 4 fully saturated rings. The van der Waals surface area contributed by atoms with Gasteiger partial charge in [0.05, 0.1) is 12.1 Å². The van der Waals surface area contributed by atoms with Gasteiger partial charge in [0, 0.05) is 12.1 Å². The van der Waals surface area contributed by atoms with Gasteiger partial charge in [0.25, 0.3) is 0 Å². The Morgan fingerprint density at radius 3 is 1.90 bits per heavy atom. The minimum atomic E-state index is -1.03. The Bertz CT molecular complexity index is 1020. The average Bonchev–Trinajstić information content (AvgIpc) is 3.58. The number of hydrogen-bond acceptors (Lipinski definition) is 5. The lowest BCUT2D eigenvalue weighted by Crippen LogP contribution is -2.56. The fraction of sp³-hybridized carbons (Fsp3) is 0.548. The Morgan fingerprint density at radius 1 is 0.725 bits per heavy atom. The Kier molecular flexibility index (Phi) is 9.52. The van der Waals surface area contributed by atoms with Gasteiger partial charge < -0.3 is 25.4 Å². The molecule has 0 spiro atoms. The molecule has 3 N–H and O–H groups in total. The van der Waals surface area contributed by atoms with E-state index in [0.29, 0.717) is 18.4 Å². The maximum Gasteiger partial charge on any atom is 0.407 e. The Balaban J connectivity index is 0.000000161. The van der Waals surface area contributed by atoms with Crippen molar-refractivity contribution in [2.45, 2.75) is 94.7 Å². The highest BCUT2D eigenvalue weighted by atomic mass is 19.1. The zero-order valence-corrected chi connectivity index (χ0v) is 22.6. The summed E-state index contributed by atoms with van der Waals surface area (Å²) in [6.45, 7) is 0.435. The number of carbonyl (C=O) groups is 2. The third-order valence-corrected chi connectivity index (χ3v) is 8.62. The van der Waals surface area contributed by atoms with Crippen molar-refractivity contribution >= 4 is 12.2 Å². The fourth-order valence-electron chi connectivity index (χ4n) is 6.55. The van der Waals surface area contributed by atoms with Crippen molar-refractivity contribution in [3.8, 4) is 0 Å². The lowest BCUT2D eigenvalue weighted by molar-refractivity contribution is 0.0986. The number of rotatable bonds is 6. The highest BCUT2D eigenvalue weighted by Gasteiger charge is 2.43. The number of piperidine rings is 1. The summed E-state index contributed by atoms with van der Waals surface area (Å²) >= 11 is 0. The summed E-state index contributed by atoms with van der Waals surface area (Å²) < 4.78 is 38.6. The minimum Gasteiger partial charge on any atom is -0.445 e. The van der Waals surface area contributed by atoms with Gasteiger partial charge >= 0.3 is 12.2 Å². The number of halogens is 2. The van der Waals surface area contributed by atoms with Crippen molar-refractivity contribution in [2.24, 2.45) is 11.8 Å². The third kappa shape index (κ3) is 7.50. The van der Waals surface area contributed by atoms with Crippen molar-refractivity contribution < 1.29 is 27.8 Å². The van der Waals surface area contributed by atoms with E-state index in [1.54, 1.807) is 0 Å². The van der Waals surface area contributed by atoms with E-state index in [1.165, 1.54) is 0 Å². The molecule has 0 unspecified atom stereocenters.